The third-order valence-corrected chi connectivity index (χ3v) is 6.79. The number of nitrogens with one attached hydrogen (secondary N) is 1. The Morgan fingerprint density at radius 3 is 2.34 bits per heavy atom. The first-order chi connectivity index (χ1) is 18.2. The minimum absolute atomic E-state index is 0.248. The van der Waals surface area contributed by atoms with E-state index in [4.69, 9.17) is 40.5 Å². The maximum Gasteiger partial charge on any atom is 0.336 e. The number of rotatable bonds is 5. The molecule has 0 saturated heterocycles. The maximum atomic E-state index is 11.6. The average molecular weight is 570 g/mol. The van der Waals surface area contributed by atoms with Crippen molar-refractivity contribution in [3.8, 4) is 11.1 Å². The Bertz CT molecular complexity index is 1500. The van der Waals surface area contributed by atoms with E-state index in [1.54, 1.807) is 60.8 Å². The average Bonchev–Trinajstić information content (AvgIpc) is 2.91. The van der Waals surface area contributed by atoms with Gasteiger partial charge < -0.3 is 21.1 Å². The fraction of sp³-hybridized carbons (Fsp3) is 0.107. The number of fused-ring (bicyclic) bond motifs is 1. The monoisotopic (exact) mass is 568 g/mol. The van der Waals surface area contributed by atoms with Gasteiger partial charge in [0, 0.05) is 41.4 Å². The van der Waals surface area contributed by atoms with Crippen LogP contribution in [0.4, 0.5) is 11.5 Å². The van der Waals surface area contributed by atoms with Crippen LogP contribution in [0.1, 0.15) is 26.3 Å². The van der Waals surface area contributed by atoms with Gasteiger partial charge in [-0.3, -0.25) is 4.79 Å². The predicted octanol–water partition coefficient (Wildman–Crippen LogP) is 6.62. The smallest absolute Gasteiger partial charge is 0.336 e. The molecule has 1 aliphatic rings. The van der Waals surface area contributed by atoms with Crippen LogP contribution >= 0.6 is 34.8 Å². The summed E-state index contributed by atoms with van der Waals surface area (Å²) in [6, 6.07) is 21.0. The lowest BCUT2D eigenvalue weighted by Gasteiger charge is -2.32. The molecule has 7 nitrogen and oxygen atoms in total. The summed E-state index contributed by atoms with van der Waals surface area (Å²) in [7, 11) is 0. The van der Waals surface area contributed by atoms with Gasteiger partial charge in [0.1, 0.15) is 5.82 Å². The van der Waals surface area contributed by atoms with Gasteiger partial charge in [-0.1, -0.05) is 65.1 Å². The SMILES string of the molecule is NC(=O)c1ccccc1Cl.O=C(O)c1ccccc1-c1cnc2c(c1)N(Cc1cc(Cl)ccc1Cl)CCN2. The number of aromatic nitrogens is 1. The van der Waals surface area contributed by atoms with Gasteiger partial charge in [0.2, 0.25) is 5.91 Å². The summed E-state index contributed by atoms with van der Waals surface area (Å²) in [6.45, 7) is 2.10. The minimum Gasteiger partial charge on any atom is -0.478 e. The number of benzene rings is 3. The highest BCUT2D eigenvalue weighted by Crippen LogP contribution is 2.35. The van der Waals surface area contributed by atoms with E-state index in [0.29, 0.717) is 32.7 Å². The molecular formula is C28H23Cl3N4O3. The highest BCUT2D eigenvalue weighted by molar-refractivity contribution is 6.34. The Hall–Kier alpha value is -3.78. The molecule has 0 saturated carbocycles. The Morgan fingerprint density at radius 1 is 0.947 bits per heavy atom. The molecule has 0 spiro atoms. The molecule has 10 heteroatoms. The predicted molar refractivity (Wildman–Crippen MR) is 153 cm³/mol. The van der Waals surface area contributed by atoms with Gasteiger partial charge in [-0.2, -0.15) is 0 Å². The Labute approximate surface area is 234 Å². The number of aromatic carboxylic acids is 1. The summed E-state index contributed by atoms with van der Waals surface area (Å²) in [6.07, 6.45) is 1.70. The summed E-state index contributed by atoms with van der Waals surface area (Å²) in [4.78, 5) is 28.8. The standard InChI is InChI=1S/C21H17Cl2N3O2.C7H6ClNO/c22-15-5-6-18(23)14(9-15)12-26-8-7-24-20-19(26)10-13(11-25-20)16-3-1-2-4-17(16)21(27)28;8-6-4-2-1-3-5(6)7(9)10/h1-6,9-11H,7-8,12H2,(H,24,25)(H,27,28);1-4H,(H2,9,10). The first-order valence-electron chi connectivity index (χ1n) is 11.5. The van der Waals surface area contributed by atoms with Crippen molar-refractivity contribution >= 4 is 58.2 Å². The molecule has 1 amide bonds. The first kappa shape index (κ1) is 27.3. The molecular weight excluding hydrogens is 547 g/mol. The first-order valence-corrected chi connectivity index (χ1v) is 12.7. The molecule has 0 bridgehead atoms. The summed E-state index contributed by atoms with van der Waals surface area (Å²) < 4.78 is 0. The quantitative estimate of drug-likeness (QED) is 0.249. The summed E-state index contributed by atoms with van der Waals surface area (Å²) in [5.74, 6) is -0.694. The Morgan fingerprint density at radius 2 is 1.66 bits per heavy atom. The lowest BCUT2D eigenvalue weighted by Crippen LogP contribution is -2.34. The zero-order chi connectivity index (χ0) is 27.2. The third-order valence-electron chi connectivity index (χ3n) is 5.86. The molecule has 0 unspecified atom stereocenters. The number of carboxylic acids is 1. The van der Waals surface area contributed by atoms with Crippen LogP contribution in [0.25, 0.3) is 11.1 Å². The van der Waals surface area contributed by atoms with Gasteiger partial charge in [-0.05, 0) is 53.6 Å². The number of amides is 1. The number of hydrogen-bond acceptors (Lipinski definition) is 5. The normalized spacial score (nSPS) is 12.0. The van der Waals surface area contributed by atoms with Crippen LogP contribution in [0, 0.1) is 0 Å². The van der Waals surface area contributed by atoms with Crippen molar-refractivity contribution in [1.29, 1.82) is 0 Å². The number of primary amides is 1. The number of hydrogen-bond donors (Lipinski definition) is 3. The summed E-state index contributed by atoms with van der Waals surface area (Å²) >= 11 is 18.1. The zero-order valence-electron chi connectivity index (χ0n) is 20.0. The second-order valence-corrected chi connectivity index (χ2v) is 9.62. The number of nitrogens with two attached hydrogens (primary N) is 1. The van der Waals surface area contributed by atoms with Crippen LogP contribution in [0.5, 0.6) is 0 Å². The number of anilines is 2. The molecule has 1 aliphatic heterocycles. The van der Waals surface area contributed by atoms with Gasteiger partial charge in [0.15, 0.2) is 0 Å². The number of halogens is 3. The van der Waals surface area contributed by atoms with Crippen LogP contribution in [-0.2, 0) is 6.54 Å². The van der Waals surface area contributed by atoms with Gasteiger partial charge in [-0.15, -0.1) is 0 Å². The fourth-order valence-corrected chi connectivity index (χ4v) is 4.62. The van der Waals surface area contributed by atoms with Gasteiger partial charge in [0.25, 0.3) is 0 Å². The van der Waals surface area contributed by atoms with Crippen molar-refractivity contribution in [3.05, 3.63) is 111 Å². The molecule has 4 aromatic rings. The van der Waals surface area contributed by atoms with E-state index in [1.165, 1.54) is 0 Å². The fourth-order valence-electron chi connectivity index (χ4n) is 4.02. The molecule has 2 heterocycles. The van der Waals surface area contributed by atoms with E-state index >= 15 is 0 Å². The Kier molecular flexibility index (Phi) is 8.73. The van der Waals surface area contributed by atoms with Gasteiger partial charge in [0.05, 0.1) is 21.8 Å². The van der Waals surface area contributed by atoms with Crippen LogP contribution in [0.15, 0.2) is 79.0 Å². The topological polar surface area (TPSA) is 109 Å². The molecule has 194 valence electrons. The maximum absolute atomic E-state index is 11.6. The zero-order valence-corrected chi connectivity index (χ0v) is 22.3. The van der Waals surface area contributed by atoms with E-state index in [2.05, 4.69) is 15.2 Å². The van der Waals surface area contributed by atoms with Crippen molar-refractivity contribution in [3.63, 3.8) is 0 Å². The number of pyridine rings is 1. The van der Waals surface area contributed by atoms with E-state index in [1.807, 2.05) is 18.2 Å². The lowest BCUT2D eigenvalue weighted by atomic mass is 10.0. The second kappa shape index (κ2) is 12.2. The highest BCUT2D eigenvalue weighted by Gasteiger charge is 2.21. The summed E-state index contributed by atoms with van der Waals surface area (Å²) in [5, 5.41) is 14.5. The molecule has 38 heavy (non-hydrogen) atoms. The Balaban J connectivity index is 0.000000283. The van der Waals surface area contributed by atoms with Gasteiger partial charge in [-0.25, -0.2) is 9.78 Å². The highest BCUT2D eigenvalue weighted by atomic mass is 35.5. The van der Waals surface area contributed by atoms with Crippen molar-refractivity contribution in [2.45, 2.75) is 6.54 Å². The van der Waals surface area contributed by atoms with Crippen LogP contribution < -0.4 is 16.0 Å². The van der Waals surface area contributed by atoms with E-state index in [0.717, 1.165) is 35.7 Å². The molecule has 1 aromatic heterocycles. The second-order valence-electron chi connectivity index (χ2n) is 8.37. The molecule has 4 N–H and O–H groups in total. The largest absolute Gasteiger partial charge is 0.478 e. The lowest BCUT2D eigenvalue weighted by molar-refractivity contribution is 0.0697. The van der Waals surface area contributed by atoms with Crippen molar-refractivity contribution in [2.24, 2.45) is 5.73 Å². The van der Waals surface area contributed by atoms with Crippen molar-refractivity contribution in [2.75, 3.05) is 23.3 Å². The number of carbonyl (C=O) groups excluding carboxylic acids is 1. The number of carbonyl (C=O) groups is 2. The van der Waals surface area contributed by atoms with Gasteiger partial charge >= 0.3 is 5.97 Å². The van der Waals surface area contributed by atoms with Crippen molar-refractivity contribution < 1.29 is 14.7 Å². The van der Waals surface area contributed by atoms with E-state index < -0.39 is 11.9 Å². The third kappa shape index (κ3) is 6.37. The number of nitrogens with zero attached hydrogens (tertiary/aromatic N) is 2. The molecule has 0 aliphatic carbocycles. The van der Waals surface area contributed by atoms with Crippen LogP contribution in [0.2, 0.25) is 15.1 Å². The summed E-state index contributed by atoms with van der Waals surface area (Å²) in [5.41, 5.74) is 8.82. The van der Waals surface area contributed by atoms with E-state index in [9.17, 15) is 14.7 Å². The van der Waals surface area contributed by atoms with Crippen LogP contribution in [0.3, 0.4) is 0 Å². The minimum atomic E-state index is -0.964. The molecule has 0 radical (unpaired) electrons. The van der Waals surface area contributed by atoms with Crippen molar-refractivity contribution in [1.82, 2.24) is 4.98 Å². The molecule has 0 atom stereocenters. The van der Waals surface area contributed by atoms with Crippen LogP contribution in [-0.4, -0.2) is 35.1 Å². The molecule has 0 fully saturated rings. The molecule has 5 rings (SSSR count). The molecule has 3 aromatic carbocycles. The van der Waals surface area contributed by atoms with E-state index in [-0.39, 0.29) is 5.56 Å². The number of carboxylic acid groups (broad SMARTS) is 1.